The number of aryl methyl sites for hydroxylation is 1. The third kappa shape index (κ3) is 6.63. The molecule has 2 unspecified atom stereocenters. The number of benzene rings is 2. The minimum absolute atomic E-state index is 0. The second-order valence-corrected chi connectivity index (χ2v) is 5.86. The van der Waals surface area contributed by atoms with Crippen LogP contribution in [0.5, 0.6) is 0 Å². The van der Waals surface area contributed by atoms with Crippen molar-refractivity contribution in [3.63, 3.8) is 0 Å². The first-order valence-electron chi connectivity index (χ1n) is 8.04. The van der Waals surface area contributed by atoms with E-state index in [9.17, 15) is 0 Å². The molecule has 4 nitrogen and oxygen atoms in total. The summed E-state index contributed by atoms with van der Waals surface area (Å²) in [5, 5.41) is 17.1. The van der Waals surface area contributed by atoms with Crippen molar-refractivity contribution in [2.75, 3.05) is 0 Å². The second-order valence-electron chi connectivity index (χ2n) is 5.86. The average Bonchev–Trinajstić information content (AvgIpc) is 2.54. The van der Waals surface area contributed by atoms with Crippen LogP contribution >= 0.6 is 0 Å². The Labute approximate surface area is 162 Å². The molecule has 2 N–H and O–H groups in total. The van der Waals surface area contributed by atoms with E-state index in [-0.39, 0.29) is 32.3 Å². The summed E-state index contributed by atoms with van der Waals surface area (Å²) in [4.78, 5) is 9.22. The van der Waals surface area contributed by atoms with Crippen LogP contribution in [0.4, 0.5) is 0 Å². The van der Waals surface area contributed by atoms with E-state index >= 15 is 0 Å². The summed E-state index contributed by atoms with van der Waals surface area (Å²) in [5.41, 5.74) is 4.69. The largest absolute Gasteiger partial charge is 0.393 e. The molecular formula is C20H23IrN2O2-. The Balaban J connectivity index is 0.000000339. The van der Waals surface area contributed by atoms with E-state index in [0.29, 0.717) is 6.42 Å². The average molecular weight is 516 g/mol. The molecule has 0 aliphatic rings. The number of rotatable bonds is 3. The molecule has 0 saturated heterocycles. The van der Waals surface area contributed by atoms with Crippen molar-refractivity contribution in [3.05, 3.63) is 60.3 Å². The first-order chi connectivity index (χ1) is 11.5. The number of nitrogens with zero attached hydrogens (tertiary/aromatic N) is 2. The van der Waals surface area contributed by atoms with Crippen LogP contribution in [0.3, 0.4) is 0 Å². The minimum atomic E-state index is -0.375. The maximum Gasteiger partial charge on any atom is 0.0870 e. The quantitative estimate of drug-likeness (QED) is 0.524. The predicted molar refractivity (Wildman–Crippen MR) is 96.5 cm³/mol. The van der Waals surface area contributed by atoms with Crippen LogP contribution in [0.15, 0.2) is 48.5 Å². The zero-order valence-electron chi connectivity index (χ0n) is 14.6. The van der Waals surface area contributed by atoms with Crippen LogP contribution in [0, 0.1) is 13.0 Å². The van der Waals surface area contributed by atoms with Crippen molar-refractivity contribution < 1.29 is 30.3 Å². The summed E-state index contributed by atoms with van der Waals surface area (Å²) in [5.74, 6) is 0. The molecule has 5 heteroatoms. The van der Waals surface area contributed by atoms with E-state index in [1.54, 1.807) is 13.8 Å². The van der Waals surface area contributed by atoms with Gasteiger partial charge in [0.25, 0.3) is 0 Å². The van der Waals surface area contributed by atoms with E-state index in [0.717, 1.165) is 28.0 Å². The van der Waals surface area contributed by atoms with E-state index in [1.165, 1.54) is 0 Å². The molecule has 2 aromatic carbocycles. The van der Waals surface area contributed by atoms with Gasteiger partial charge in [0.05, 0.1) is 23.2 Å². The van der Waals surface area contributed by atoms with Crippen molar-refractivity contribution >= 4 is 11.0 Å². The fourth-order valence-electron chi connectivity index (χ4n) is 2.38. The van der Waals surface area contributed by atoms with E-state index < -0.39 is 0 Å². The van der Waals surface area contributed by atoms with E-state index in [2.05, 4.69) is 16.0 Å². The van der Waals surface area contributed by atoms with Crippen molar-refractivity contribution in [2.45, 2.75) is 39.4 Å². The minimum Gasteiger partial charge on any atom is -0.393 e. The first-order valence-corrected chi connectivity index (χ1v) is 8.04. The number of aliphatic hydroxyl groups is 2. The molecule has 1 radical (unpaired) electrons. The number of aliphatic hydroxyl groups excluding tert-OH is 2. The zero-order valence-corrected chi connectivity index (χ0v) is 17.0. The summed E-state index contributed by atoms with van der Waals surface area (Å²) < 4.78 is 0. The SMILES string of the molecule is CC(O)CC(C)O.Cc1nc2ccccc2nc1-c1[c-]cccc1.[Ir]. The maximum atomic E-state index is 8.56. The van der Waals surface area contributed by atoms with Gasteiger partial charge in [0.1, 0.15) is 0 Å². The molecule has 1 heterocycles. The number of para-hydroxylation sites is 2. The van der Waals surface area contributed by atoms with Crippen molar-refractivity contribution in [1.29, 1.82) is 0 Å². The number of hydrogen-bond acceptors (Lipinski definition) is 4. The van der Waals surface area contributed by atoms with Crippen LogP contribution in [0.25, 0.3) is 22.3 Å². The Morgan fingerprint density at radius 3 is 1.96 bits per heavy atom. The Morgan fingerprint density at radius 1 is 0.920 bits per heavy atom. The predicted octanol–water partition coefficient (Wildman–Crippen LogP) is 3.54. The molecule has 0 spiro atoms. The third-order valence-corrected chi connectivity index (χ3v) is 3.39. The van der Waals surface area contributed by atoms with Gasteiger partial charge in [-0.15, -0.1) is 35.9 Å². The second kappa shape index (κ2) is 10.4. The van der Waals surface area contributed by atoms with Gasteiger partial charge < -0.3 is 10.2 Å². The number of fused-ring (bicyclic) bond motifs is 1. The third-order valence-electron chi connectivity index (χ3n) is 3.39. The van der Waals surface area contributed by atoms with Crippen LogP contribution in [0.1, 0.15) is 26.0 Å². The van der Waals surface area contributed by atoms with Gasteiger partial charge in [-0.2, -0.15) is 0 Å². The van der Waals surface area contributed by atoms with Gasteiger partial charge in [0.15, 0.2) is 0 Å². The standard InChI is InChI=1S/C15H11N2.C5H12O2.Ir/c1-11-15(12-7-3-2-4-8-12)17-14-10-6-5-9-13(14)16-11;1-4(6)3-5(2)7;/h2-7,9-10H,1H3;4-7H,3H2,1-2H3;/q-1;;. The van der Waals surface area contributed by atoms with Gasteiger partial charge in [-0.25, -0.2) is 0 Å². The molecule has 0 saturated carbocycles. The van der Waals surface area contributed by atoms with Crippen molar-refractivity contribution in [1.82, 2.24) is 9.97 Å². The van der Waals surface area contributed by atoms with Crippen LogP contribution in [-0.2, 0) is 20.1 Å². The number of aromatic nitrogens is 2. The molecule has 135 valence electrons. The molecule has 0 bridgehead atoms. The summed E-state index contributed by atoms with van der Waals surface area (Å²) in [6, 6.07) is 18.9. The molecule has 25 heavy (non-hydrogen) atoms. The molecule has 2 atom stereocenters. The Morgan fingerprint density at radius 2 is 1.48 bits per heavy atom. The monoisotopic (exact) mass is 516 g/mol. The molecular weight excluding hydrogens is 492 g/mol. The summed E-state index contributed by atoms with van der Waals surface area (Å²) in [7, 11) is 0. The molecule has 3 rings (SSSR count). The van der Waals surface area contributed by atoms with Gasteiger partial charge in [0.2, 0.25) is 0 Å². The van der Waals surface area contributed by atoms with Crippen LogP contribution < -0.4 is 0 Å². The van der Waals surface area contributed by atoms with E-state index in [4.69, 9.17) is 10.2 Å². The summed E-state index contributed by atoms with van der Waals surface area (Å²) >= 11 is 0. The summed E-state index contributed by atoms with van der Waals surface area (Å²) in [6.45, 7) is 5.30. The van der Waals surface area contributed by atoms with Gasteiger partial charge in [0, 0.05) is 31.5 Å². The first kappa shape index (κ1) is 21.4. The van der Waals surface area contributed by atoms with Gasteiger partial charge in [-0.05, 0) is 39.3 Å². The molecule has 0 aliphatic carbocycles. The van der Waals surface area contributed by atoms with Crippen LogP contribution in [-0.4, -0.2) is 32.4 Å². The zero-order chi connectivity index (χ0) is 17.5. The fraction of sp³-hybridized carbons (Fsp3) is 0.300. The van der Waals surface area contributed by atoms with Gasteiger partial charge in [-0.3, -0.25) is 9.97 Å². The molecule has 0 amide bonds. The Bertz CT molecular complexity index is 771. The Kier molecular flexibility index (Phi) is 8.87. The van der Waals surface area contributed by atoms with Gasteiger partial charge in [-0.1, -0.05) is 12.1 Å². The molecule has 1 aromatic heterocycles. The molecule has 3 aromatic rings. The summed E-state index contributed by atoms with van der Waals surface area (Å²) in [6.07, 6.45) is -0.278. The smallest absolute Gasteiger partial charge is 0.0870 e. The van der Waals surface area contributed by atoms with E-state index in [1.807, 2.05) is 55.5 Å². The molecule has 0 fully saturated rings. The topological polar surface area (TPSA) is 66.2 Å². The van der Waals surface area contributed by atoms with Gasteiger partial charge >= 0.3 is 0 Å². The Hall–Kier alpha value is -1.65. The number of hydrogen-bond donors (Lipinski definition) is 2. The van der Waals surface area contributed by atoms with Crippen molar-refractivity contribution in [3.8, 4) is 11.3 Å². The van der Waals surface area contributed by atoms with Crippen molar-refractivity contribution in [2.24, 2.45) is 0 Å². The molecule has 0 aliphatic heterocycles. The van der Waals surface area contributed by atoms with Crippen LogP contribution in [0.2, 0.25) is 0 Å². The fourth-order valence-corrected chi connectivity index (χ4v) is 2.38. The maximum absolute atomic E-state index is 8.56. The normalized spacial score (nSPS) is 12.5.